The van der Waals surface area contributed by atoms with E-state index >= 15 is 0 Å². The van der Waals surface area contributed by atoms with E-state index in [-0.39, 0.29) is 17.0 Å². The minimum Gasteiger partial charge on any atom is -0.395 e. The van der Waals surface area contributed by atoms with Crippen LogP contribution in [0.1, 0.15) is 36.5 Å². The first kappa shape index (κ1) is 14.5. The molecule has 102 valence electrons. The van der Waals surface area contributed by atoms with Gasteiger partial charge in [-0.05, 0) is 18.8 Å². The molecule has 6 heteroatoms. The first-order valence-electron chi connectivity index (χ1n) is 5.95. The van der Waals surface area contributed by atoms with Crippen molar-refractivity contribution in [3.05, 3.63) is 11.4 Å². The van der Waals surface area contributed by atoms with Crippen LogP contribution in [0.15, 0.2) is 0 Å². The van der Waals surface area contributed by atoms with E-state index in [2.05, 4.69) is 29.4 Å². The van der Waals surface area contributed by atoms with Crippen LogP contribution >= 0.6 is 0 Å². The number of carbonyl (C=O) groups is 1. The average molecular weight is 254 g/mol. The van der Waals surface area contributed by atoms with Gasteiger partial charge in [-0.1, -0.05) is 13.8 Å². The number of methoxy groups -OCH3 is 1. The summed E-state index contributed by atoms with van der Waals surface area (Å²) in [5.41, 5.74) is 7.10. The number of H-pyrrole nitrogens is 1. The molecular formula is C12H22N4O2. The van der Waals surface area contributed by atoms with Gasteiger partial charge < -0.3 is 15.8 Å². The average Bonchev–Trinajstić information content (AvgIpc) is 2.65. The first-order chi connectivity index (χ1) is 8.37. The standard InChI is InChI=1S/C12H22N4O2/c1-8-9(13)10(16-15-8)11(17)14-7-12(2,3)5-6-18-4/h5-7,13H2,1-4H3,(H,14,17)(H,15,16). The summed E-state index contributed by atoms with van der Waals surface area (Å²) in [4.78, 5) is 11.9. The number of aryl methyl sites for hydroxylation is 1. The third-order valence-corrected chi connectivity index (χ3v) is 2.92. The van der Waals surface area contributed by atoms with Gasteiger partial charge in [0, 0.05) is 20.3 Å². The number of amides is 1. The Bertz CT molecular complexity index is 412. The number of aromatic amines is 1. The van der Waals surface area contributed by atoms with Crippen LogP contribution in [0.25, 0.3) is 0 Å². The Morgan fingerprint density at radius 3 is 2.72 bits per heavy atom. The monoisotopic (exact) mass is 254 g/mol. The van der Waals surface area contributed by atoms with Gasteiger partial charge in [0.2, 0.25) is 0 Å². The summed E-state index contributed by atoms with van der Waals surface area (Å²) in [5.74, 6) is -0.248. The van der Waals surface area contributed by atoms with E-state index < -0.39 is 0 Å². The smallest absolute Gasteiger partial charge is 0.273 e. The summed E-state index contributed by atoms with van der Waals surface area (Å²) in [7, 11) is 1.67. The molecule has 1 rings (SSSR count). The van der Waals surface area contributed by atoms with Crippen molar-refractivity contribution < 1.29 is 9.53 Å². The zero-order chi connectivity index (χ0) is 13.8. The van der Waals surface area contributed by atoms with Crippen molar-refractivity contribution in [1.29, 1.82) is 0 Å². The van der Waals surface area contributed by atoms with Crippen molar-refractivity contribution in [3.63, 3.8) is 0 Å². The number of hydrogen-bond donors (Lipinski definition) is 3. The second-order valence-electron chi connectivity index (χ2n) is 5.20. The molecule has 6 nitrogen and oxygen atoms in total. The van der Waals surface area contributed by atoms with Gasteiger partial charge in [0.1, 0.15) is 0 Å². The maximum atomic E-state index is 11.9. The molecular weight excluding hydrogens is 232 g/mol. The zero-order valence-electron chi connectivity index (χ0n) is 11.5. The lowest BCUT2D eigenvalue weighted by Crippen LogP contribution is -2.35. The number of nitrogens with two attached hydrogens (primary N) is 1. The number of carbonyl (C=O) groups excluding carboxylic acids is 1. The Labute approximate surface area is 107 Å². The summed E-state index contributed by atoms with van der Waals surface area (Å²) in [6, 6.07) is 0. The van der Waals surface area contributed by atoms with E-state index in [0.29, 0.717) is 24.5 Å². The number of aromatic nitrogens is 2. The number of rotatable bonds is 6. The Kier molecular flexibility index (Phi) is 4.72. The van der Waals surface area contributed by atoms with Crippen LogP contribution in [-0.4, -0.2) is 36.4 Å². The van der Waals surface area contributed by atoms with Crippen LogP contribution in [0.4, 0.5) is 5.69 Å². The lowest BCUT2D eigenvalue weighted by Gasteiger charge is -2.24. The van der Waals surface area contributed by atoms with Crippen molar-refractivity contribution in [2.24, 2.45) is 5.41 Å². The maximum Gasteiger partial charge on any atom is 0.273 e. The molecule has 0 fully saturated rings. The predicted octanol–water partition coefficient (Wildman–Crippen LogP) is 1.09. The van der Waals surface area contributed by atoms with E-state index in [0.717, 1.165) is 6.42 Å². The molecule has 0 atom stereocenters. The Morgan fingerprint density at radius 2 is 2.22 bits per heavy atom. The molecule has 0 aliphatic carbocycles. The zero-order valence-corrected chi connectivity index (χ0v) is 11.5. The van der Waals surface area contributed by atoms with Gasteiger partial charge in [0.15, 0.2) is 5.69 Å². The summed E-state index contributed by atoms with van der Waals surface area (Å²) in [5, 5.41) is 9.43. The minimum absolute atomic E-state index is 0.0220. The van der Waals surface area contributed by atoms with E-state index in [4.69, 9.17) is 10.5 Å². The fourth-order valence-corrected chi connectivity index (χ4v) is 1.48. The molecule has 0 saturated heterocycles. The van der Waals surface area contributed by atoms with Crippen molar-refractivity contribution in [1.82, 2.24) is 15.5 Å². The van der Waals surface area contributed by atoms with Gasteiger partial charge in [-0.15, -0.1) is 0 Å². The van der Waals surface area contributed by atoms with Crippen molar-refractivity contribution in [2.45, 2.75) is 27.2 Å². The van der Waals surface area contributed by atoms with E-state index in [1.807, 2.05) is 0 Å². The molecule has 0 aromatic carbocycles. The summed E-state index contributed by atoms with van der Waals surface area (Å²) in [6.45, 7) is 7.16. The van der Waals surface area contributed by atoms with Crippen LogP contribution < -0.4 is 11.1 Å². The molecule has 0 bridgehead atoms. The van der Waals surface area contributed by atoms with Crippen LogP contribution in [-0.2, 0) is 4.74 Å². The van der Waals surface area contributed by atoms with Gasteiger partial charge in [-0.3, -0.25) is 9.89 Å². The Balaban J connectivity index is 2.53. The highest BCUT2D eigenvalue weighted by Crippen LogP contribution is 2.19. The highest BCUT2D eigenvalue weighted by atomic mass is 16.5. The molecule has 18 heavy (non-hydrogen) atoms. The maximum absolute atomic E-state index is 11.9. The van der Waals surface area contributed by atoms with Crippen LogP contribution in [0.3, 0.4) is 0 Å². The van der Waals surface area contributed by atoms with E-state index in [1.54, 1.807) is 14.0 Å². The Morgan fingerprint density at radius 1 is 1.56 bits per heavy atom. The normalized spacial score (nSPS) is 11.6. The number of hydrogen-bond acceptors (Lipinski definition) is 4. The summed E-state index contributed by atoms with van der Waals surface area (Å²) >= 11 is 0. The van der Waals surface area contributed by atoms with E-state index in [9.17, 15) is 4.79 Å². The molecule has 1 aromatic heterocycles. The molecule has 0 spiro atoms. The summed E-state index contributed by atoms with van der Waals surface area (Å²) < 4.78 is 5.04. The van der Waals surface area contributed by atoms with Gasteiger partial charge in [0.25, 0.3) is 5.91 Å². The fourth-order valence-electron chi connectivity index (χ4n) is 1.48. The van der Waals surface area contributed by atoms with Gasteiger partial charge in [0.05, 0.1) is 11.4 Å². The second kappa shape index (κ2) is 5.86. The van der Waals surface area contributed by atoms with Gasteiger partial charge in [-0.25, -0.2) is 0 Å². The summed E-state index contributed by atoms with van der Waals surface area (Å²) in [6.07, 6.45) is 0.874. The Hall–Kier alpha value is -1.56. The van der Waals surface area contributed by atoms with E-state index in [1.165, 1.54) is 0 Å². The number of nitrogens with one attached hydrogen (secondary N) is 2. The van der Waals surface area contributed by atoms with Crippen LogP contribution in [0.5, 0.6) is 0 Å². The molecule has 1 aromatic rings. The van der Waals surface area contributed by atoms with Gasteiger partial charge >= 0.3 is 0 Å². The highest BCUT2D eigenvalue weighted by molar-refractivity contribution is 5.97. The lowest BCUT2D eigenvalue weighted by molar-refractivity contribution is 0.0917. The molecule has 0 radical (unpaired) electrons. The molecule has 0 aliphatic heterocycles. The molecule has 4 N–H and O–H groups in total. The largest absolute Gasteiger partial charge is 0.395 e. The number of anilines is 1. The third kappa shape index (κ3) is 3.73. The van der Waals surface area contributed by atoms with Crippen LogP contribution in [0, 0.1) is 12.3 Å². The van der Waals surface area contributed by atoms with Crippen molar-refractivity contribution >= 4 is 11.6 Å². The number of nitrogen functional groups attached to an aromatic ring is 1. The second-order valence-corrected chi connectivity index (χ2v) is 5.20. The lowest BCUT2D eigenvalue weighted by atomic mass is 9.89. The van der Waals surface area contributed by atoms with Crippen molar-refractivity contribution in [2.75, 3.05) is 26.0 Å². The van der Waals surface area contributed by atoms with Crippen LogP contribution in [0.2, 0.25) is 0 Å². The first-order valence-corrected chi connectivity index (χ1v) is 5.95. The van der Waals surface area contributed by atoms with Gasteiger partial charge in [-0.2, -0.15) is 5.10 Å². The number of nitrogens with zero attached hydrogens (tertiary/aromatic N) is 1. The molecule has 0 saturated carbocycles. The SMILES string of the molecule is COCCC(C)(C)CNC(=O)c1n[nH]c(C)c1N. The molecule has 1 amide bonds. The molecule has 0 aliphatic rings. The topological polar surface area (TPSA) is 93.0 Å². The molecule has 1 heterocycles. The predicted molar refractivity (Wildman–Crippen MR) is 70.3 cm³/mol. The van der Waals surface area contributed by atoms with Crippen molar-refractivity contribution in [3.8, 4) is 0 Å². The molecule has 0 unspecified atom stereocenters. The quantitative estimate of drug-likeness (QED) is 0.708. The highest BCUT2D eigenvalue weighted by Gasteiger charge is 2.21. The fraction of sp³-hybridized carbons (Fsp3) is 0.667. The number of ether oxygens (including phenoxy) is 1. The minimum atomic E-state index is -0.248. The third-order valence-electron chi connectivity index (χ3n) is 2.92.